The van der Waals surface area contributed by atoms with Crippen molar-refractivity contribution in [2.45, 2.75) is 19.0 Å². The number of para-hydroxylation sites is 1. The van der Waals surface area contributed by atoms with E-state index < -0.39 is 0 Å². The molecule has 0 spiro atoms. The van der Waals surface area contributed by atoms with Crippen molar-refractivity contribution in [2.75, 3.05) is 12.4 Å². The van der Waals surface area contributed by atoms with Gasteiger partial charge in [-0.3, -0.25) is 9.59 Å². The summed E-state index contributed by atoms with van der Waals surface area (Å²) in [6.07, 6.45) is 1.60. The number of carbonyl (C=O) groups excluding carboxylic acids is 1. The van der Waals surface area contributed by atoms with Gasteiger partial charge in [-0.05, 0) is 31.5 Å². The zero-order valence-corrected chi connectivity index (χ0v) is 15.9. The van der Waals surface area contributed by atoms with Crippen molar-refractivity contribution in [2.24, 2.45) is 5.10 Å². The lowest BCUT2D eigenvalue weighted by Crippen LogP contribution is -2.21. The molecule has 0 N–H and O–H groups in total. The topological polar surface area (TPSA) is 73.5 Å². The number of nitrogens with zero attached hydrogens (tertiary/aromatic N) is 3. The highest BCUT2D eigenvalue weighted by atomic mass is 32.2. The Morgan fingerprint density at radius 1 is 1.22 bits per heavy atom. The summed E-state index contributed by atoms with van der Waals surface area (Å²) in [7, 11) is 0. The van der Waals surface area contributed by atoms with E-state index >= 15 is 0 Å². The van der Waals surface area contributed by atoms with Crippen LogP contribution in [-0.4, -0.2) is 34.2 Å². The quantitative estimate of drug-likeness (QED) is 0.284. The molecule has 0 atom stereocenters. The third-order valence-corrected chi connectivity index (χ3v) is 4.65. The molecule has 7 heteroatoms. The molecule has 0 saturated carbocycles. The predicted octanol–water partition coefficient (Wildman–Crippen LogP) is 3.24. The van der Waals surface area contributed by atoms with Gasteiger partial charge >= 0.3 is 5.97 Å². The van der Waals surface area contributed by atoms with Gasteiger partial charge in [-0.15, -0.1) is 0 Å². The van der Waals surface area contributed by atoms with E-state index in [0.29, 0.717) is 22.7 Å². The average molecular weight is 381 g/mol. The molecule has 138 valence electrons. The SMILES string of the molecule is CCOC(=O)CSc1nc2ccccc2c(=O)n1N=Cc1ccc(C)cc1. The van der Waals surface area contributed by atoms with Crippen LogP contribution in [0.25, 0.3) is 10.9 Å². The summed E-state index contributed by atoms with van der Waals surface area (Å²) in [5.41, 5.74) is 2.29. The van der Waals surface area contributed by atoms with E-state index in [0.717, 1.165) is 22.9 Å². The number of hydrogen-bond donors (Lipinski definition) is 0. The van der Waals surface area contributed by atoms with E-state index in [1.807, 2.05) is 37.3 Å². The number of aryl methyl sites for hydroxylation is 1. The molecule has 0 aliphatic carbocycles. The Bertz CT molecular complexity index is 1040. The first-order valence-corrected chi connectivity index (χ1v) is 9.48. The summed E-state index contributed by atoms with van der Waals surface area (Å²) in [5, 5.41) is 5.14. The number of carbonyl (C=O) groups is 1. The molecule has 0 fully saturated rings. The minimum absolute atomic E-state index is 0.0542. The highest BCUT2D eigenvalue weighted by Gasteiger charge is 2.13. The lowest BCUT2D eigenvalue weighted by atomic mass is 10.2. The van der Waals surface area contributed by atoms with Crippen LogP contribution in [0.1, 0.15) is 18.1 Å². The number of hydrogen-bond acceptors (Lipinski definition) is 6. The number of thioether (sulfide) groups is 1. The van der Waals surface area contributed by atoms with Gasteiger partial charge in [0.15, 0.2) is 5.16 Å². The normalized spacial score (nSPS) is 11.2. The molecule has 6 nitrogen and oxygen atoms in total. The molecule has 0 unspecified atom stereocenters. The maximum Gasteiger partial charge on any atom is 0.316 e. The van der Waals surface area contributed by atoms with Gasteiger partial charge in [0.2, 0.25) is 0 Å². The van der Waals surface area contributed by atoms with Gasteiger partial charge in [0, 0.05) is 0 Å². The van der Waals surface area contributed by atoms with Gasteiger partial charge < -0.3 is 4.74 Å². The minimum atomic E-state index is -0.362. The number of esters is 1. The zero-order valence-electron chi connectivity index (χ0n) is 15.1. The highest BCUT2D eigenvalue weighted by molar-refractivity contribution is 7.99. The van der Waals surface area contributed by atoms with Crippen LogP contribution >= 0.6 is 11.8 Å². The minimum Gasteiger partial charge on any atom is -0.465 e. The second-order valence-electron chi connectivity index (χ2n) is 5.78. The molecule has 0 aliphatic rings. The molecular weight excluding hydrogens is 362 g/mol. The van der Waals surface area contributed by atoms with Gasteiger partial charge in [0.25, 0.3) is 5.56 Å². The van der Waals surface area contributed by atoms with E-state index in [-0.39, 0.29) is 17.3 Å². The van der Waals surface area contributed by atoms with Gasteiger partial charge in [0.05, 0.1) is 29.5 Å². The summed E-state index contributed by atoms with van der Waals surface area (Å²) in [5.74, 6) is -0.308. The van der Waals surface area contributed by atoms with Crippen LogP contribution in [0.2, 0.25) is 0 Å². The lowest BCUT2D eigenvalue weighted by Gasteiger charge is -2.08. The largest absolute Gasteiger partial charge is 0.465 e. The maximum absolute atomic E-state index is 12.9. The smallest absolute Gasteiger partial charge is 0.316 e. The molecule has 3 aromatic rings. The van der Waals surface area contributed by atoms with Crippen molar-refractivity contribution in [1.29, 1.82) is 0 Å². The van der Waals surface area contributed by atoms with Crippen LogP contribution in [0.5, 0.6) is 0 Å². The molecule has 0 bridgehead atoms. The molecule has 0 radical (unpaired) electrons. The molecule has 27 heavy (non-hydrogen) atoms. The number of rotatable bonds is 6. The van der Waals surface area contributed by atoms with E-state index in [2.05, 4.69) is 10.1 Å². The van der Waals surface area contributed by atoms with E-state index in [1.54, 1.807) is 31.3 Å². The molecule has 2 aromatic carbocycles. The van der Waals surface area contributed by atoms with Gasteiger partial charge in [-0.25, -0.2) is 4.98 Å². The highest BCUT2D eigenvalue weighted by Crippen LogP contribution is 2.18. The Morgan fingerprint density at radius 3 is 2.70 bits per heavy atom. The fourth-order valence-corrected chi connectivity index (χ4v) is 3.15. The van der Waals surface area contributed by atoms with Crippen LogP contribution in [0.3, 0.4) is 0 Å². The molecule has 0 aliphatic heterocycles. The zero-order chi connectivity index (χ0) is 19.2. The first-order valence-electron chi connectivity index (χ1n) is 8.49. The summed E-state index contributed by atoms with van der Waals surface area (Å²) in [4.78, 5) is 29.1. The van der Waals surface area contributed by atoms with Crippen LogP contribution in [0.4, 0.5) is 0 Å². The van der Waals surface area contributed by atoms with Gasteiger partial charge in [0.1, 0.15) is 0 Å². The summed E-state index contributed by atoms with van der Waals surface area (Å²) in [6, 6.07) is 14.9. The fourth-order valence-electron chi connectivity index (χ4n) is 2.40. The van der Waals surface area contributed by atoms with Crippen molar-refractivity contribution in [3.8, 4) is 0 Å². The molecule has 3 rings (SSSR count). The number of ether oxygens (including phenoxy) is 1. The predicted molar refractivity (Wildman–Crippen MR) is 108 cm³/mol. The Labute approximate surface area is 160 Å². The van der Waals surface area contributed by atoms with Crippen LogP contribution in [0, 0.1) is 6.92 Å². The summed E-state index contributed by atoms with van der Waals surface area (Å²) >= 11 is 1.13. The van der Waals surface area contributed by atoms with Crippen molar-refractivity contribution in [3.63, 3.8) is 0 Å². The van der Waals surface area contributed by atoms with Crippen molar-refractivity contribution >= 4 is 34.8 Å². The number of fused-ring (bicyclic) bond motifs is 1. The van der Waals surface area contributed by atoms with Crippen LogP contribution in [0.15, 0.2) is 63.6 Å². The molecule has 1 aromatic heterocycles. The molecule has 0 saturated heterocycles. The second kappa shape index (κ2) is 8.64. The lowest BCUT2D eigenvalue weighted by molar-refractivity contribution is -0.139. The van der Waals surface area contributed by atoms with E-state index in [1.165, 1.54) is 4.68 Å². The first kappa shape index (κ1) is 18.8. The van der Waals surface area contributed by atoms with E-state index in [4.69, 9.17) is 4.74 Å². The van der Waals surface area contributed by atoms with Crippen LogP contribution in [-0.2, 0) is 9.53 Å². The van der Waals surface area contributed by atoms with Crippen molar-refractivity contribution < 1.29 is 9.53 Å². The third-order valence-electron chi connectivity index (χ3n) is 3.75. The fraction of sp³-hybridized carbons (Fsp3) is 0.200. The Balaban J connectivity index is 2.00. The van der Waals surface area contributed by atoms with Crippen molar-refractivity contribution in [3.05, 3.63) is 70.0 Å². The Morgan fingerprint density at radius 2 is 1.96 bits per heavy atom. The Hall–Kier alpha value is -2.93. The van der Waals surface area contributed by atoms with Gasteiger partial charge in [-0.2, -0.15) is 9.78 Å². The first-order chi connectivity index (χ1) is 13.1. The Kier molecular flexibility index (Phi) is 6.03. The van der Waals surface area contributed by atoms with E-state index in [9.17, 15) is 9.59 Å². The molecule has 1 heterocycles. The average Bonchev–Trinajstić information content (AvgIpc) is 2.67. The van der Waals surface area contributed by atoms with Crippen LogP contribution < -0.4 is 5.56 Å². The van der Waals surface area contributed by atoms with Crippen molar-refractivity contribution in [1.82, 2.24) is 9.66 Å². The third kappa shape index (κ3) is 4.62. The number of benzene rings is 2. The maximum atomic E-state index is 12.9. The number of aromatic nitrogens is 2. The molecule has 0 amide bonds. The summed E-state index contributed by atoms with van der Waals surface area (Å²) < 4.78 is 6.18. The van der Waals surface area contributed by atoms with Gasteiger partial charge in [-0.1, -0.05) is 53.7 Å². The summed E-state index contributed by atoms with van der Waals surface area (Å²) in [6.45, 7) is 4.06. The second-order valence-corrected chi connectivity index (χ2v) is 6.72. The monoisotopic (exact) mass is 381 g/mol. The standard InChI is InChI=1S/C20H19N3O3S/c1-3-26-18(24)13-27-20-22-17-7-5-4-6-16(17)19(25)23(20)21-12-15-10-8-14(2)9-11-15/h4-12H,3,13H2,1-2H3. The molecular formula is C20H19N3O3S.